The highest BCUT2D eigenvalue weighted by atomic mass is 32.2. The normalized spacial score (nSPS) is 18.0. The van der Waals surface area contributed by atoms with Crippen LogP contribution < -0.4 is 10.9 Å². The molecule has 1 aliphatic heterocycles. The number of aromatic nitrogens is 2. The number of nitrogens with zero attached hydrogens (tertiary/aromatic N) is 2. The third-order valence-electron chi connectivity index (χ3n) is 3.53. The van der Waals surface area contributed by atoms with E-state index in [0.29, 0.717) is 21.9 Å². The van der Waals surface area contributed by atoms with Crippen molar-refractivity contribution in [1.82, 2.24) is 14.9 Å². The lowest BCUT2D eigenvalue weighted by Gasteiger charge is -2.11. The Labute approximate surface area is 135 Å². The van der Waals surface area contributed by atoms with Crippen LogP contribution >= 0.6 is 23.1 Å². The van der Waals surface area contributed by atoms with Gasteiger partial charge in [-0.05, 0) is 24.3 Å². The number of rotatable bonds is 5. The zero-order chi connectivity index (χ0) is 15.5. The van der Waals surface area contributed by atoms with Gasteiger partial charge in [0.05, 0.1) is 17.4 Å². The molecule has 1 amide bonds. The number of hydrogen-bond acceptors (Lipinski definition) is 6. The second-order valence-electron chi connectivity index (χ2n) is 5.12. The SMILES string of the molecule is Cn1c(SCC(=O)NCC2CCCO2)nc2ccsc2c1=O. The van der Waals surface area contributed by atoms with Crippen LogP contribution in [-0.2, 0) is 16.6 Å². The van der Waals surface area contributed by atoms with Crippen LogP contribution in [-0.4, -0.2) is 40.5 Å². The van der Waals surface area contributed by atoms with Gasteiger partial charge in [0.2, 0.25) is 5.91 Å². The summed E-state index contributed by atoms with van der Waals surface area (Å²) in [6.45, 7) is 1.33. The largest absolute Gasteiger partial charge is 0.376 e. The summed E-state index contributed by atoms with van der Waals surface area (Å²) in [7, 11) is 1.68. The third kappa shape index (κ3) is 3.34. The molecular formula is C14H17N3O3S2. The topological polar surface area (TPSA) is 73.2 Å². The van der Waals surface area contributed by atoms with Gasteiger partial charge in [-0.25, -0.2) is 4.98 Å². The molecule has 1 atom stereocenters. The van der Waals surface area contributed by atoms with Gasteiger partial charge in [-0.3, -0.25) is 14.2 Å². The minimum atomic E-state index is -0.0693. The molecule has 2 aromatic heterocycles. The predicted molar refractivity (Wildman–Crippen MR) is 87.6 cm³/mol. The Morgan fingerprint density at radius 2 is 2.50 bits per heavy atom. The Morgan fingerprint density at radius 3 is 3.27 bits per heavy atom. The van der Waals surface area contributed by atoms with Crippen LogP contribution in [0.5, 0.6) is 0 Å². The summed E-state index contributed by atoms with van der Waals surface area (Å²) in [5.41, 5.74) is 0.623. The highest BCUT2D eigenvalue weighted by molar-refractivity contribution is 7.99. The fourth-order valence-corrected chi connectivity index (χ4v) is 3.92. The molecule has 0 aromatic carbocycles. The smallest absolute Gasteiger partial charge is 0.271 e. The molecule has 8 heteroatoms. The first-order chi connectivity index (χ1) is 10.6. The quantitative estimate of drug-likeness (QED) is 0.658. The average molecular weight is 339 g/mol. The van der Waals surface area contributed by atoms with E-state index in [-0.39, 0.29) is 23.3 Å². The van der Waals surface area contributed by atoms with E-state index < -0.39 is 0 Å². The van der Waals surface area contributed by atoms with Crippen molar-refractivity contribution in [1.29, 1.82) is 0 Å². The van der Waals surface area contributed by atoms with Gasteiger partial charge in [0, 0.05) is 20.2 Å². The fourth-order valence-electron chi connectivity index (χ4n) is 2.31. The Bertz CT molecular complexity index is 734. The molecule has 0 radical (unpaired) electrons. The summed E-state index contributed by atoms with van der Waals surface area (Å²) in [4.78, 5) is 28.5. The van der Waals surface area contributed by atoms with E-state index in [1.165, 1.54) is 27.7 Å². The van der Waals surface area contributed by atoms with Gasteiger partial charge in [-0.15, -0.1) is 11.3 Å². The summed E-state index contributed by atoms with van der Waals surface area (Å²) in [5, 5.41) is 5.27. The van der Waals surface area contributed by atoms with Crippen LogP contribution in [0.15, 0.2) is 21.4 Å². The van der Waals surface area contributed by atoms with Crippen LogP contribution in [0, 0.1) is 0 Å². The molecule has 3 rings (SSSR count). The second-order valence-corrected chi connectivity index (χ2v) is 6.98. The summed E-state index contributed by atoms with van der Waals surface area (Å²) in [5.74, 6) is 0.169. The molecule has 0 saturated carbocycles. The van der Waals surface area contributed by atoms with E-state index in [1.54, 1.807) is 7.05 Å². The van der Waals surface area contributed by atoms with E-state index in [1.807, 2.05) is 11.4 Å². The number of ether oxygens (including phenoxy) is 1. The number of amides is 1. The van der Waals surface area contributed by atoms with Gasteiger partial charge < -0.3 is 10.1 Å². The summed E-state index contributed by atoms with van der Waals surface area (Å²) in [6.07, 6.45) is 2.19. The number of carbonyl (C=O) groups is 1. The highest BCUT2D eigenvalue weighted by Crippen LogP contribution is 2.20. The number of carbonyl (C=O) groups excluding carboxylic acids is 1. The van der Waals surface area contributed by atoms with Crippen molar-refractivity contribution in [2.75, 3.05) is 18.9 Å². The number of hydrogen-bond donors (Lipinski definition) is 1. The lowest BCUT2D eigenvalue weighted by molar-refractivity contribution is -0.119. The van der Waals surface area contributed by atoms with E-state index in [2.05, 4.69) is 10.3 Å². The van der Waals surface area contributed by atoms with E-state index in [4.69, 9.17) is 4.74 Å². The zero-order valence-corrected chi connectivity index (χ0v) is 13.8. The molecule has 0 spiro atoms. The van der Waals surface area contributed by atoms with Crippen molar-refractivity contribution in [3.63, 3.8) is 0 Å². The molecule has 3 heterocycles. The van der Waals surface area contributed by atoms with Crippen LogP contribution in [0.2, 0.25) is 0 Å². The minimum Gasteiger partial charge on any atom is -0.376 e. The summed E-state index contributed by atoms with van der Waals surface area (Å²) < 4.78 is 7.61. The Balaban J connectivity index is 1.59. The first-order valence-corrected chi connectivity index (χ1v) is 8.97. The monoisotopic (exact) mass is 339 g/mol. The van der Waals surface area contributed by atoms with Gasteiger partial charge in [0.15, 0.2) is 5.16 Å². The van der Waals surface area contributed by atoms with Gasteiger partial charge in [0.1, 0.15) is 4.70 Å². The molecule has 0 aliphatic carbocycles. The first-order valence-electron chi connectivity index (χ1n) is 7.10. The maximum absolute atomic E-state index is 12.2. The summed E-state index contributed by atoms with van der Waals surface area (Å²) >= 11 is 2.66. The van der Waals surface area contributed by atoms with Gasteiger partial charge in [-0.1, -0.05) is 11.8 Å². The van der Waals surface area contributed by atoms with Crippen molar-refractivity contribution in [2.45, 2.75) is 24.1 Å². The van der Waals surface area contributed by atoms with E-state index >= 15 is 0 Å². The van der Waals surface area contributed by atoms with Crippen molar-refractivity contribution < 1.29 is 9.53 Å². The average Bonchev–Trinajstić information content (AvgIpc) is 3.18. The molecule has 1 N–H and O–H groups in total. The minimum absolute atomic E-state index is 0.0673. The molecule has 2 aromatic rings. The molecular weight excluding hydrogens is 322 g/mol. The molecule has 6 nitrogen and oxygen atoms in total. The maximum Gasteiger partial charge on any atom is 0.271 e. The van der Waals surface area contributed by atoms with Crippen molar-refractivity contribution in [3.8, 4) is 0 Å². The molecule has 22 heavy (non-hydrogen) atoms. The van der Waals surface area contributed by atoms with Crippen LogP contribution in [0.1, 0.15) is 12.8 Å². The molecule has 1 unspecified atom stereocenters. The van der Waals surface area contributed by atoms with Crippen LogP contribution in [0.25, 0.3) is 10.2 Å². The Hall–Kier alpha value is -1.38. The lowest BCUT2D eigenvalue weighted by Crippen LogP contribution is -2.33. The fraction of sp³-hybridized carbons (Fsp3) is 0.500. The number of thioether (sulfide) groups is 1. The predicted octanol–water partition coefficient (Wildman–Crippen LogP) is 1.38. The molecule has 1 saturated heterocycles. The van der Waals surface area contributed by atoms with Gasteiger partial charge in [0.25, 0.3) is 5.56 Å². The third-order valence-corrected chi connectivity index (χ3v) is 5.45. The Morgan fingerprint density at radius 1 is 1.64 bits per heavy atom. The van der Waals surface area contributed by atoms with Crippen LogP contribution in [0.4, 0.5) is 0 Å². The van der Waals surface area contributed by atoms with Crippen molar-refractivity contribution >= 4 is 39.2 Å². The molecule has 1 fully saturated rings. The lowest BCUT2D eigenvalue weighted by atomic mass is 10.2. The van der Waals surface area contributed by atoms with Crippen molar-refractivity contribution in [2.24, 2.45) is 7.05 Å². The standard InChI is InChI=1S/C14H17N3O3S2/c1-17-13(19)12-10(4-6-21-12)16-14(17)22-8-11(18)15-7-9-3-2-5-20-9/h4,6,9H,2-3,5,7-8H2,1H3,(H,15,18). The molecule has 1 aliphatic rings. The first kappa shape index (κ1) is 15.5. The summed E-state index contributed by atoms with van der Waals surface area (Å²) in [6, 6.07) is 1.82. The van der Waals surface area contributed by atoms with Gasteiger partial charge in [-0.2, -0.15) is 0 Å². The zero-order valence-electron chi connectivity index (χ0n) is 12.2. The number of thiophene rings is 1. The molecule has 118 valence electrons. The van der Waals surface area contributed by atoms with Crippen LogP contribution in [0.3, 0.4) is 0 Å². The van der Waals surface area contributed by atoms with Gasteiger partial charge >= 0.3 is 0 Å². The van der Waals surface area contributed by atoms with E-state index in [9.17, 15) is 9.59 Å². The van der Waals surface area contributed by atoms with Crippen molar-refractivity contribution in [3.05, 3.63) is 21.8 Å². The number of fused-ring (bicyclic) bond motifs is 1. The second kappa shape index (κ2) is 6.80. The Kier molecular flexibility index (Phi) is 4.80. The highest BCUT2D eigenvalue weighted by Gasteiger charge is 2.17. The molecule has 0 bridgehead atoms. The van der Waals surface area contributed by atoms with E-state index in [0.717, 1.165) is 19.4 Å². The number of nitrogens with one attached hydrogen (secondary N) is 1. The maximum atomic E-state index is 12.2.